The fourth-order valence-corrected chi connectivity index (χ4v) is 2.08. The van der Waals surface area contributed by atoms with Gasteiger partial charge in [0.2, 0.25) is 0 Å². The maximum atomic E-state index is 11.1. The molecule has 1 aromatic rings. The number of aromatic nitrogens is 1. The maximum absolute atomic E-state index is 11.1. The predicted molar refractivity (Wildman–Crippen MR) is 56.0 cm³/mol. The van der Waals surface area contributed by atoms with Crippen molar-refractivity contribution in [2.24, 2.45) is 0 Å². The Morgan fingerprint density at radius 1 is 1.75 bits per heavy atom. The first-order valence-electron chi connectivity index (χ1n) is 3.04. The van der Waals surface area contributed by atoms with Gasteiger partial charge in [0.1, 0.15) is 4.60 Å². The van der Waals surface area contributed by atoms with Crippen LogP contribution in [0.25, 0.3) is 0 Å². The van der Waals surface area contributed by atoms with Crippen LogP contribution in [0.3, 0.4) is 0 Å². The summed E-state index contributed by atoms with van der Waals surface area (Å²) in [5, 5.41) is 0. The molecule has 0 saturated heterocycles. The van der Waals surface area contributed by atoms with Crippen molar-refractivity contribution in [2.45, 2.75) is 0 Å². The molecule has 0 saturated carbocycles. The summed E-state index contributed by atoms with van der Waals surface area (Å²) in [4.78, 5) is 15.0. The Morgan fingerprint density at radius 2 is 2.42 bits per heavy atom. The van der Waals surface area contributed by atoms with Crippen LogP contribution in [0.2, 0.25) is 0 Å². The number of halogens is 2. The zero-order valence-corrected chi connectivity index (χ0v) is 9.92. The van der Waals surface area contributed by atoms with Crippen LogP contribution < -0.4 is 0 Å². The summed E-state index contributed by atoms with van der Waals surface area (Å²) in [6.07, 6.45) is 1.48. The van der Waals surface area contributed by atoms with Crippen molar-refractivity contribution in [3.63, 3.8) is 0 Å². The quantitative estimate of drug-likeness (QED) is 0.447. The minimum absolute atomic E-state index is 0.362. The molecule has 0 radical (unpaired) electrons. The fourth-order valence-electron chi connectivity index (χ4n) is 0.668. The van der Waals surface area contributed by atoms with Crippen LogP contribution in [-0.4, -0.2) is 18.1 Å². The van der Waals surface area contributed by atoms with Gasteiger partial charge in [0.15, 0.2) is 0 Å². The number of nitrogens with zero attached hydrogens (tertiary/aromatic N) is 1. The van der Waals surface area contributed by atoms with E-state index in [0.29, 0.717) is 10.2 Å². The van der Waals surface area contributed by atoms with Gasteiger partial charge in [-0.15, -0.1) is 0 Å². The molecule has 0 bridgehead atoms. The third-order valence-electron chi connectivity index (χ3n) is 1.23. The smallest absolute Gasteiger partial charge is 0.340 e. The molecule has 1 heterocycles. The molecule has 64 valence electrons. The number of carbonyl (C=O) groups excluding carboxylic acids is 1. The van der Waals surface area contributed by atoms with Gasteiger partial charge < -0.3 is 4.74 Å². The first-order chi connectivity index (χ1) is 5.65. The summed E-state index contributed by atoms with van der Waals surface area (Å²) in [5.74, 6) is -0.362. The van der Waals surface area contributed by atoms with E-state index in [1.165, 1.54) is 13.3 Å². The summed E-state index contributed by atoms with van der Waals surface area (Å²) >= 11 is 5.25. The zero-order chi connectivity index (χ0) is 9.14. The Hall–Kier alpha value is -0.170. The summed E-state index contributed by atoms with van der Waals surface area (Å²) in [7, 11) is 1.35. The van der Waals surface area contributed by atoms with Gasteiger partial charge in [-0.05, 0) is 44.6 Å². The molecule has 0 atom stereocenters. The number of ether oxygens (including phenoxy) is 1. The third kappa shape index (κ3) is 2.16. The van der Waals surface area contributed by atoms with Crippen molar-refractivity contribution in [1.82, 2.24) is 4.98 Å². The Kier molecular flexibility index (Phi) is 3.45. The van der Waals surface area contributed by atoms with E-state index in [1.807, 2.05) is 0 Å². The van der Waals surface area contributed by atoms with Crippen LogP contribution in [-0.2, 0) is 4.74 Å². The van der Waals surface area contributed by atoms with E-state index in [1.54, 1.807) is 6.07 Å². The van der Waals surface area contributed by atoms with E-state index in [-0.39, 0.29) is 5.97 Å². The lowest BCUT2D eigenvalue weighted by atomic mass is 10.3. The third-order valence-corrected chi connectivity index (χ3v) is 2.55. The lowest BCUT2D eigenvalue weighted by Gasteiger charge is -2.00. The molecule has 0 amide bonds. The molecule has 0 unspecified atom stereocenters. The summed E-state index contributed by atoms with van der Waals surface area (Å²) in [6.45, 7) is 0. The van der Waals surface area contributed by atoms with Gasteiger partial charge in [0.05, 0.1) is 12.7 Å². The highest BCUT2D eigenvalue weighted by molar-refractivity contribution is 14.1. The van der Waals surface area contributed by atoms with E-state index in [4.69, 9.17) is 0 Å². The molecular formula is C7H5BrINO2. The number of hydrogen-bond donors (Lipinski definition) is 0. The Bertz CT molecular complexity index is 316. The molecule has 0 aromatic carbocycles. The molecule has 12 heavy (non-hydrogen) atoms. The minimum Gasteiger partial charge on any atom is -0.465 e. The van der Waals surface area contributed by atoms with E-state index in [9.17, 15) is 4.79 Å². The first kappa shape index (κ1) is 9.91. The molecule has 0 aliphatic rings. The monoisotopic (exact) mass is 341 g/mol. The van der Waals surface area contributed by atoms with E-state index >= 15 is 0 Å². The summed E-state index contributed by atoms with van der Waals surface area (Å²) in [6, 6.07) is 1.76. The molecule has 5 heteroatoms. The lowest BCUT2D eigenvalue weighted by molar-refractivity contribution is 0.0599. The van der Waals surface area contributed by atoms with E-state index < -0.39 is 0 Å². The van der Waals surface area contributed by atoms with Crippen molar-refractivity contribution in [2.75, 3.05) is 7.11 Å². The van der Waals surface area contributed by atoms with Crippen LogP contribution in [0.4, 0.5) is 0 Å². The van der Waals surface area contributed by atoms with Gasteiger partial charge in [-0.3, -0.25) is 0 Å². The highest BCUT2D eigenvalue weighted by atomic mass is 127. The Morgan fingerprint density at radius 3 is 2.92 bits per heavy atom. The predicted octanol–water partition coefficient (Wildman–Crippen LogP) is 2.24. The zero-order valence-electron chi connectivity index (χ0n) is 6.17. The van der Waals surface area contributed by atoms with Crippen LogP contribution in [0.15, 0.2) is 16.9 Å². The second-order valence-corrected chi connectivity index (χ2v) is 3.95. The number of carbonyl (C=O) groups is 1. The highest BCUT2D eigenvalue weighted by Crippen LogP contribution is 2.16. The van der Waals surface area contributed by atoms with Gasteiger partial charge in [0.25, 0.3) is 0 Å². The fraction of sp³-hybridized carbons (Fsp3) is 0.143. The van der Waals surface area contributed by atoms with Crippen LogP contribution >= 0.6 is 38.5 Å². The molecule has 0 aliphatic carbocycles. The van der Waals surface area contributed by atoms with Crippen molar-refractivity contribution >= 4 is 44.5 Å². The summed E-state index contributed by atoms with van der Waals surface area (Å²) in [5.41, 5.74) is 0.487. The molecule has 1 aromatic heterocycles. The minimum atomic E-state index is -0.362. The summed E-state index contributed by atoms with van der Waals surface area (Å²) < 4.78 is 6.09. The van der Waals surface area contributed by atoms with Crippen molar-refractivity contribution in [1.29, 1.82) is 0 Å². The van der Waals surface area contributed by atoms with Crippen LogP contribution in [0.1, 0.15) is 10.4 Å². The normalized spacial score (nSPS) is 9.58. The second-order valence-electron chi connectivity index (χ2n) is 1.98. The van der Waals surface area contributed by atoms with Gasteiger partial charge in [0, 0.05) is 9.77 Å². The van der Waals surface area contributed by atoms with Crippen LogP contribution in [0.5, 0.6) is 0 Å². The molecule has 0 fully saturated rings. The SMILES string of the molecule is COC(=O)c1cnc(Br)cc1I. The molecule has 1 rings (SSSR count). The van der Waals surface area contributed by atoms with Crippen LogP contribution in [0, 0.1) is 3.57 Å². The van der Waals surface area contributed by atoms with Crippen molar-refractivity contribution in [3.8, 4) is 0 Å². The average molecular weight is 342 g/mol. The largest absolute Gasteiger partial charge is 0.465 e. The lowest BCUT2D eigenvalue weighted by Crippen LogP contribution is -2.04. The van der Waals surface area contributed by atoms with E-state index in [2.05, 4.69) is 48.2 Å². The van der Waals surface area contributed by atoms with E-state index in [0.717, 1.165) is 3.57 Å². The Balaban J connectivity index is 3.09. The molecule has 0 N–H and O–H groups in total. The Labute approximate surface area is 91.8 Å². The highest BCUT2D eigenvalue weighted by Gasteiger charge is 2.10. The van der Waals surface area contributed by atoms with Crippen molar-refractivity contribution in [3.05, 3.63) is 26.0 Å². The van der Waals surface area contributed by atoms with Gasteiger partial charge in [-0.2, -0.15) is 0 Å². The maximum Gasteiger partial charge on any atom is 0.340 e. The topological polar surface area (TPSA) is 39.2 Å². The van der Waals surface area contributed by atoms with Gasteiger partial charge in [-0.1, -0.05) is 0 Å². The number of hydrogen-bond acceptors (Lipinski definition) is 3. The molecule has 0 spiro atoms. The number of rotatable bonds is 1. The number of pyridine rings is 1. The number of esters is 1. The first-order valence-corrected chi connectivity index (χ1v) is 4.91. The van der Waals surface area contributed by atoms with Gasteiger partial charge in [-0.25, -0.2) is 9.78 Å². The molecular weight excluding hydrogens is 337 g/mol. The molecule has 3 nitrogen and oxygen atoms in total. The molecule has 0 aliphatic heterocycles. The standard InChI is InChI=1S/C7H5BrINO2/c1-12-7(11)4-3-10-6(8)2-5(4)9/h2-3H,1H3. The number of methoxy groups -OCH3 is 1. The van der Waals surface area contributed by atoms with Crippen molar-refractivity contribution < 1.29 is 9.53 Å². The average Bonchev–Trinajstić information content (AvgIpc) is 2.03. The van der Waals surface area contributed by atoms with Gasteiger partial charge >= 0.3 is 5.97 Å². The second kappa shape index (κ2) is 4.18.